The van der Waals surface area contributed by atoms with Gasteiger partial charge in [0.25, 0.3) is 0 Å². The molecule has 128 valence electrons. The molecule has 0 atom stereocenters. The second kappa shape index (κ2) is 7.95. The van der Waals surface area contributed by atoms with Gasteiger partial charge in [0.1, 0.15) is 0 Å². The van der Waals surface area contributed by atoms with Crippen LogP contribution >= 0.6 is 11.6 Å². The van der Waals surface area contributed by atoms with Crippen molar-refractivity contribution in [2.24, 2.45) is 5.92 Å². The van der Waals surface area contributed by atoms with Gasteiger partial charge in [-0.15, -0.1) is 0 Å². The van der Waals surface area contributed by atoms with Crippen molar-refractivity contribution in [2.45, 2.75) is 32.7 Å². The molecule has 4 nitrogen and oxygen atoms in total. The van der Waals surface area contributed by atoms with Crippen LogP contribution in [-0.4, -0.2) is 40.1 Å². The van der Waals surface area contributed by atoms with Crippen molar-refractivity contribution in [2.75, 3.05) is 19.6 Å². The fraction of sp³-hybridized carbons (Fsp3) is 0.474. The Bertz CT molecular complexity index is 672. The third kappa shape index (κ3) is 4.05. The van der Waals surface area contributed by atoms with Gasteiger partial charge in [-0.05, 0) is 63.2 Å². The fourth-order valence-electron chi connectivity index (χ4n) is 3.40. The first kappa shape index (κ1) is 17.2. The molecule has 1 fully saturated rings. The van der Waals surface area contributed by atoms with Crippen LogP contribution in [0.25, 0.3) is 0 Å². The molecule has 0 radical (unpaired) electrons. The van der Waals surface area contributed by atoms with Crippen molar-refractivity contribution >= 4 is 17.4 Å². The van der Waals surface area contributed by atoms with Gasteiger partial charge in [-0.2, -0.15) is 5.10 Å². The lowest BCUT2D eigenvalue weighted by Crippen LogP contribution is -2.37. The molecule has 0 saturated carbocycles. The molecule has 1 aliphatic rings. The highest BCUT2D eigenvalue weighted by Gasteiger charge is 2.25. The summed E-state index contributed by atoms with van der Waals surface area (Å²) in [5.41, 5.74) is 2.07. The van der Waals surface area contributed by atoms with Gasteiger partial charge in [-0.25, -0.2) is 0 Å². The fourth-order valence-corrected chi connectivity index (χ4v) is 3.52. The SMILES string of the molecule is CCn1nccc1CCN1CCC(C(=O)c2ccc(Cl)cc2)CC1. The summed E-state index contributed by atoms with van der Waals surface area (Å²) >= 11 is 5.90. The lowest BCUT2D eigenvalue weighted by molar-refractivity contribution is 0.0840. The van der Waals surface area contributed by atoms with Crippen molar-refractivity contribution in [1.82, 2.24) is 14.7 Å². The normalized spacial score (nSPS) is 16.4. The molecule has 0 unspecified atom stereocenters. The van der Waals surface area contributed by atoms with Crippen LogP contribution in [0.2, 0.25) is 5.02 Å². The van der Waals surface area contributed by atoms with E-state index in [-0.39, 0.29) is 11.7 Å². The molecular formula is C19H24ClN3O. The Kier molecular flexibility index (Phi) is 5.69. The summed E-state index contributed by atoms with van der Waals surface area (Å²) in [6.07, 6.45) is 4.77. The Hall–Kier alpha value is -1.65. The molecule has 0 spiro atoms. The van der Waals surface area contributed by atoms with Gasteiger partial charge >= 0.3 is 0 Å². The number of carbonyl (C=O) groups is 1. The molecule has 0 N–H and O–H groups in total. The van der Waals surface area contributed by atoms with Gasteiger partial charge in [-0.1, -0.05) is 11.6 Å². The van der Waals surface area contributed by atoms with Crippen molar-refractivity contribution < 1.29 is 4.79 Å². The van der Waals surface area contributed by atoms with Crippen molar-refractivity contribution in [3.05, 3.63) is 52.8 Å². The van der Waals surface area contributed by atoms with Crippen LogP contribution in [0, 0.1) is 5.92 Å². The number of piperidine rings is 1. The molecule has 0 amide bonds. The number of rotatable bonds is 6. The number of aromatic nitrogens is 2. The van der Waals surface area contributed by atoms with Crippen LogP contribution in [0.1, 0.15) is 35.8 Å². The number of hydrogen-bond donors (Lipinski definition) is 0. The van der Waals surface area contributed by atoms with Gasteiger partial charge in [0, 0.05) is 47.9 Å². The van der Waals surface area contributed by atoms with Gasteiger partial charge in [0.2, 0.25) is 0 Å². The molecule has 1 aliphatic heterocycles. The van der Waals surface area contributed by atoms with Crippen molar-refractivity contribution in [1.29, 1.82) is 0 Å². The number of halogens is 1. The predicted molar refractivity (Wildman–Crippen MR) is 96.6 cm³/mol. The number of nitrogens with zero attached hydrogens (tertiary/aromatic N) is 3. The molecule has 1 saturated heterocycles. The molecule has 2 aromatic rings. The van der Waals surface area contributed by atoms with Gasteiger partial charge in [0.15, 0.2) is 5.78 Å². The average Bonchev–Trinajstić information content (AvgIpc) is 3.08. The van der Waals surface area contributed by atoms with Crippen LogP contribution in [0.5, 0.6) is 0 Å². The molecule has 24 heavy (non-hydrogen) atoms. The maximum absolute atomic E-state index is 12.6. The van der Waals surface area contributed by atoms with E-state index in [0.717, 1.165) is 51.0 Å². The zero-order valence-electron chi connectivity index (χ0n) is 14.1. The second-order valence-corrected chi connectivity index (χ2v) is 6.81. The minimum Gasteiger partial charge on any atom is -0.303 e. The first-order valence-corrected chi connectivity index (χ1v) is 9.08. The third-order valence-corrected chi connectivity index (χ3v) is 5.13. The van der Waals surface area contributed by atoms with Gasteiger partial charge in [0.05, 0.1) is 0 Å². The summed E-state index contributed by atoms with van der Waals surface area (Å²) in [7, 11) is 0. The molecule has 2 heterocycles. The minimum atomic E-state index is 0.142. The number of benzene rings is 1. The second-order valence-electron chi connectivity index (χ2n) is 6.38. The molecular weight excluding hydrogens is 322 g/mol. The van der Waals surface area contributed by atoms with Gasteiger partial charge < -0.3 is 4.90 Å². The third-order valence-electron chi connectivity index (χ3n) is 4.88. The van der Waals surface area contributed by atoms with E-state index in [1.807, 2.05) is 18.3 Å². The molecule has 0 bridgehead atoms. The van der Waals surface area contributed by atoms with E-state index < -0.39 is 0 Å². The van der Waals surface area contributed by atoms with E-state index >= 15 is 0 Å². The van der Waals surface area contributed by atoms with Crippen LogP contribution in [-0.2, 0) is 13.0 Å². The van der Waals surface area contributed by atoms with Crippen LogP contribution in [0.15, 0.2) is 36.5 Å². The molecule has 3 rings (SSSR count). The summed E-state index contributed by atoms with van der Waals surface area (Å²) in [6, 6.07) is 9.35. The smallest absolute Gasteiger partial charge is 0.166 e. The topological polar surface area (TPSA) is 38.1 Å². The maximum Gasteiger partial charge on any atom is 0.166 e. The number of ketones is 1. The van der Waals surface area contributed by atoms with E-state index in [4.69, 9.17) is 11.6 Å². The summed E-state index contributed by atoms with van der Waals surface area (Å²) in [5, 5.41) is 4.99. The highest BCUT2D eigenvalue weighted by Crippen LogP contribution is 2.23. The zero-order chi connectivity index (χ0) is 16.9. The highest BCUT2D eigenvalue weighted by atomic mass is 35.5. The van der Waals surface area contributed by atoms with Crippen LogP contribution < -0.4 is 0 Å². The van der Waals surface area contributed by atoms with E-state index in [0.29, 0.717) is 5.02 Å². The lowest BCUT2D eigenvalue weighted by atomic mass is 9.89. The Balaban J connectivity index is 1.48. The quantitative estimate of drug-likeness (QED) is 0.749. The molecule has 0 aliphatic carbocycles. The summed E-state index contributed by atoms with van der Waals surface area (Å²) in [6.45, 7) is 6.05. The van der Waals surface area contributed by atoms with Crippen molar-refractivity contribution in [3.8, 4) is 0 Å². The number of likely N-dealkylation sites (tertiary alicyclic amines) is 1. The Morgan fingerprint density at radius 2 is 1.92 bits per heavy atom. The zero-order valence-corrected chi connectivity index (χ0v) is 14.9. The number of aryl methyl sites for hydroxylation is 1. The Labute approximate surface area is 148 Å². The van der Waals surface area contributed by atoms with E-state index in [2.05, 4.69) is 27.7 Å². The lowest BCUT2D eigenvalue weighted by Gasteiger charge is -2.31. The van der Waals surface area contributed by atoms with E-state index in [9.17, 15) is 4.79 Å². The maximum atomic E-state index is 12.6. The van der Waals surface area contributed by atoms with Crippen LogP contribution in [0.4, 0.5) is 0 Å². The number of carbonyl (C=O) groups excluding carboxylic acids is 1. The summed E-state index contributed by atoms with van der Waals surface area (Å²) < 4.78 is 2.05. The highest BCUT2D eigenvalue weighted by molar-refractivity contribution is 6.30. The van der Waals surface area contributed by atoms with E-state index in [1.54, 1.807) is 12.1 Å². The minimum absolute atomic E-state index is 0.142. The van der Waals surface area contributed by atoms with Crippen molar-refractivity contribution in [3.63, 3.8) is 0 Å². The van der Waals surface area contributed by atoms with E-state index in [1.165, 1.54) is 5.69 Å². The standard InChI is InChI=1S/C19H24ClN3O/c1-2-23-18(7-11-21-23)10-14-22-12-8-16(9-13-22)19(24)15-3-5-17(20)6-4-15/h3-7,11,16H,2,8-10,12-14H2,1H3. The molecule has 1 aromatic heterocycles. The average molecular weight is 346 g/mol. The van der Waals surface area contributed by atoms with Gasteiger partial charge in [-0.3, -0.25) is 9.48 Å². The predicted octanol–water partition coefficient (Wildman–Crippen LogP) is 3.69. The molecule has 5 heteroatoms. The Morgan fingerprint density at radius 3 is 2.58 bits per heavy atom. The Morgan fingerprint density at radius 1 is 1.21 bits per heavy atom. The summed E-state index contributed by atoms with van der Waals surface area (Å²) in [4.78, 5) is 15.0. The summed E-state index contributed by atoms with van der Waals surface area (Å²) in [5.74, 6) is 0.402. The first-order chi connectivity index (χ1) is 11.7. The molecule has 1 aromatic carbocycles. The first-order valence-electron chi connectivity index (χ1n) is 8.70. The number of hydrogen-bond acceptors (Lipinski definition) is 3. The monoisotopic (exact) mass is 345 g/mol. The largest absolute Gasteiger partial charge is 0.303 e. The van der Waals surface area contributed by atoms with Crippen LogP contribution in [0.3, 0.4) is 0 Å². The number of Topliss-reactive ketones (excluding diaryl/α,β-unsaturated/α-hetero) is 1.